The molecule has 1 aromatic heterocycles. The molecule has 11 nitrogen and oxygen atoms in total. The third-order valence-electron chi connectivity index (χ3n) is 4.03. The van der Waals surface area contributed by atoms with Gasteiger partial charge in [-0.2, -0.15) is 5.10 Å². The minimum Gasteiger partial charge on any atom is -0.493 e. The van der Waals surface area contributed by atoms with Gasteiger partial charge in [-0.15, -0.1) is 0 Å². The van der Waals surface area contributed by atoms with Crippen molar-refractivity contribution in [2.75, 3.05) is 39.8 Å². The molecule has 0 atom stereocenters. The topological polar surface area (TPSA) is 130 Å². The zero-order valence-electron chi connectivity index (χ0n) is 17.4. The van der Waals surface area contributed by atoms with Crippen LogP contribution in [0.15, 0.2) is 18.3 Å². The molecule has 2 N–H and O–H groups in total. The lowest BCUT2D eigenvalue weighted by Gasteiger charge is -2.14. The number of anilines is 1. The average molecular weight is 420 g/mol. The van der Waals surface area contributed by atoms with Gasteiger partial charge in [-0.1, -0.05) is 0 Å². The fourth-order valence-corrected chi connectivity index (χ4v) is 2.60. The molecule has 0 bridgehead atoms. The number of amides is 2. The van der Waals surface area contributed by atoms with Crippen molar-refractivity contribution in [3.8, 4) is 17.2 Å². The number of benzene rings is 1. The Labute approximate surface area is 173 Å². The number of nitrogens with one attached hydrogen (secondary N) is 2. The van der Waals surface area contributed by atoms with Gasteiger partial charge in [0, 0.05) is 12.6 Å². The zero-order valence-corrected chi connectivity index (χ0v) is 17.4. The van der Waals surface area contributed by atoms with Crippen molar-refractivity contribution in [1.29, 1.82) is 0 Å². The monoisotopic (exact) mass is 420 g/mol. The van der Waals surface area contributed by atoms with Gasteiger partial charge < -0.3 is 29.6 Å². The van der Waals surface area contributed by atoms with E-state index in [1.807, 2.05) is 0 Å². The van der Waals surface area contributed by atoms with E-state index in [1.54, 1.807) is 14.0 Å². The van der Waals surface area contributed by atoms with E-state index in [-0.39, 0.29) is 30.1 Å². The van der Waals surface area contributed by atoms with Gasteiger partial charge in [-0.3, -0.25) is 14.3 Å². The third-order valence-corrected chi connectivity index (χ3v) is 4.03. The van der Waals surface area contributed by atoms with Gasteiger partial charge in [0.25, 0.3) is 5.91 Å². The highest BCUT2D eigenvalue weighted by Gasteiger charge is 2.20. The van der Waals surface area contributed by atoms with Gasteiger partial charge >= 0.3 is 5.97 Å². The predicted molar refractivity (Wildman–Crippen MR) is 106 cm³/mol. The van der Waals surface area contributed by atoms with Crippen LogP contribution in [-0.2, 0) is 16.6 Å². The first kappa shape index (κ1) is 22.5. The lowest BCUT2D eigenvalue weighted by molar-refractivity contribution is -0.115. The van der Waals surface area contributed by atoms with Crippen LogP contribution in [0, 0.1) is 0 Å². The van der Waals surface area contributed by atoms with Crippen LogP contribution in [-0.4, -0.2) is 62.0 Å². The van der Waals surface area contributed by atoms with E-state index in [0.29, 0.717) is 17.2 Å². The summed E-state index contributed by atoms with van der Waals surface area (Å²) in [5, 5.41) is 8.99. The summed E-state index contributed by atoms with van der Waals surface area (Å²) in [4.78, 5) is 36.7. The number of aromatic nitrogens is 2. The van der Waals surface area contributed by atoms with Crippen molar-refractivity contribution in [2.45, 2.75) is 6.92 Å². The number of carbonyl (C=O) groups is 3. The number of methoxy groups -OCH3 is 3. The lowest BCUT2D eigenvalue weighted by atomic mass is 10.1. The Morgan fingerprint density at radius 2 is 1.70 bits per heavy atom. The minimum absolute atomic E-state index is 0.114. The number of nitrogens with zero attached hydrogens (tertiary/aromatic N) is 2. The van der Waals surface area contributed by atoms with Crippen LogP contribution in [0.5, 0.6) is 17.2 Å². The number of hydrogen-bond acceptors (Lipinski definition) is 8. The Kier molecular flexibility index (Phi) is 7.62. The summed E-state index contributed by atoms with van der Waals surface area (Å²) in [6.07, 6.45) is 1.29. The van der Waals surface area contributed by atoms with Gasteiger partial charge in [0.05, 0.1) is 40.7 Å². The fourth-order valence-electron chi connectivity index (χ4n) is 2.60. The summed E-state index contributed by atoms with van der Waals surface area (Å²) >= 11 is 0. The summed E-state index contributed by atoms with van der Waals surface area (Å²) in [5.74, 6) is -0.564. The van der Waals surface area contributed by atoms with Crippen LogP contribution in [0.1, 0.15) is 27.6 Å². The summed E-state index contributed by atoms with van der Waals surface area (Å²) in [6.45, 7) is 1.51. The van der Waals surface area contributed by atoms with Gasteiger partial charge in [0.2, 0.25) is 11.7 Å². The number of esters is 1. The second kappa shape index (κ2) is 10.1. The van der Waals surface area contributed by atoms with Crippen molar-refractivity contribution in [2.24, 2.45) is 7.05 Å². The first-order valence-corrected chi connectivity index (χ1v) is 8.93. The quantitative estimate of drug-likeness (QED) is 0.575. The molecule has 0 aliphatic rings. The molecular formula is C19H24N4O7. The van der Waals surface area contributed by atoms with Gasteiger partial charge in [-0.25, -0.2) is 4.79 Å². The van der Waals surface area contributed by atoms with Crippen LogP contribution < -0.4 is 24.8 Å². The molecule has 2 rings (SSSR count). The van der Waals surface area contributed by atoms with Crippen LogP contribution in [0.25, 0.3) is 0 Å². The third kappa shape index (κ3) is 4.99. The SMILES string of the molecule is CCOC(=O)c1cnn(C)c1NC(=O)CNC(=O)c1cc(OC)c(OC)c(OC)c1. The summed E-state index contributed by atoms with van der Waals surface area (Å²) in [5.41, 5.74) is 0.327. The maximum absolute atomic E-state index is 12.5. The van der Waals surface area contributed by atoms with E-state index in [9.17, 15) is 14.4 Å². The molecule has 0 aliphatic heterocycles. The predicted octanol–water partition coefficient (Wildman–Crippen LogP) is 0.991. The van der Waals surface area contributed by atoms with Gasteiger partial charge in [-0.05, 0) is 19.1 Å². The highest BCUT2D eigenvalue weighted by molar-refractivity contribution is 6.03. The van der Waals surface area contributed by atoms with E-state index in [1.165, 1.54) is 44.3 Å². The molecule has 11 heteroatoms. The highest BCUT2D eigenvalue weighted by Crippen LogP contribution is 2.38. The molecule has 0 unspecified atom stereocenters. The first-order chi connectivity index (χ1) is 14.4. The molecular weight excluding hydrogens is 396 g/mol. The molecule has 0 saturated carbocycles. The molecule has 2 amide bonds. The largest absolute Gasteiger partial charge is 0.493 e. The Hall–Kier alpha value is -3.76. The smallest absolute Gasteiger partial charge is 0.343 e. The Morgan fingerprint density at radius 1 is 1.07 bits per heavy atom. The Bertz CT molecular complexity index is 914. The molecule has 162 valence electrons. The van der Waals surface area contributed by atoms with Crippen LogP contribution >= 0.6 is 0 Å². The lowest BCUT2D eigenvalue weighted by Crippen LogP contribution is -2.33. The normalized spacial score (nSPS) is 10.2. The van der Waals surface area contributed by atoms with Gasteiger partial charge in [0.1, 0.15) is 11.4 Å². The highest BCUT2D eigenvalue weighted by atomic mass is 16.5. The average Bonchev–Trinajstić information content (AvgIpc) is 3.11. The molecule has 0 radical (unpaired) electrons. The minimum atomic E-state index is -0.609. The van der Waals surface area contributed by atoms with Crippen LogP contribution in [0.3, 0.4) is 0 Å². The second-order valence-electron chi connectivity index (χ2n) is 5.90. The molecule has 1 aromatic carbocycles. The Balaban J connectivity index is 2.08. The molecule has 2 aromatic rings. The number of rotatable bonds is 9. The molecule has 0 aliphatic carbocycles. The molecule has 0 fully saturated rings. The van der Waals surface area contributed by atoms with Crippen molar-refractivity contribution in [1.82, 2.24) is 15.1 Å². The number of aryl methyl sites for hydroxylation is 1. The number of ether oxygens (including phenoxy) is 4. The molecule has 0 spiro atoms. The van der Waals surface area contributed by atoms with E-state index in [4.69, 9.17) is 18.9 Å². The standard InChI is InChI=1S/C19H24N4O7/c1-6-30-19(26)12-9-21-23(2)17(12)22-15(24)10-20-18(25)11-7-13(27-3)16(29-5)14(8-11)28-4/h7-9H,6,10H2,1-5H3,(H,20,25)(H,22,24). The first-order valence-electron chi connectivity index (χ1n) is 8.93. The van der Waals surface area contributed by atoms with Crippen molar-refractivity contribution in [3.05, 3.63) is 29.5 Å². The fraction of sp³-hybridized carbons (Fsp3) is 0.368. The summed E-state index contributed by atoms with van der Waals surface area (Å²) < 4.78 is 21.9. The van der Waals surface area contributed by atoms with E-state index < -0.39 is 17.8 Å². The van der Waals surface area contributed by atoms with Crippen molar-refractivity contribution < 1.29 is 33.3 Å². The van der Waals surface area contributed by atoms with Crippen molar-refractivity contribution >= 4 is 23.6 Å². The molecule has 30 heavy (non-hydrogen) atoms. The van der Waals surface area contributed by atoms with E-state index >= 15 is 0 Å². The second-order valence-corrected chi connectivity index (χ2v) is 5.90. The Morgan fingerprint density at radius 3 is 2.23 bits per heavy atom. The maximum atomic E-state index is 12.5. The summed E-state index contributed by atoms with van der Waals surface area (Å²) in [7, 11) is 5.88. The summed E-state index contributed by atoms with van der Waals surface area (Å²) in [6, 6.07) is 2.93. The zero-order chi connectivity index (χ0) is 22.3. The molecule has 0 saturated heterocycles. The van der Waals surface area contributed by atoms with E-state index in [2.05, 4.69) is 15.7 Å². The number of hydrogen-bond donors (Lipinski definition) is 2. The van der Waals surface area contributed by atoms with Crippen LogP contribution in [0.4, 0.5) is 5.82 Å². The number of carbonyl (C=O) groups excluding carboxylic acids is 3. The van der Waals surface area contributed by atoms with Crippen molar-refractivity contribution in [3.63, 3.8) is 0 Å². The maximum Gasteiger partial charge on any atom is 0.343 e. The van der Waals surface area contributed by atoms with Gasteiger partial charge in [0.15, 0.2) is 11.5 Å². The molecule has 1 heterocycles. The van der Waals surface area contributed by atoms with E-state index in [0.717, 1.165) is 0 Å². The van der Waals surface area contributed by atoms with Crippen LogP contribution in [0.2, 0.25) is 0 Å².